The summed E-state index contributed by atoms with van der Waals surface area (Å²) in [5.74, 6) is 0.695. The lowest BCUT2D eigenvalue weighted by Gasteiger charge is -2.14. The third kappa shape index (κ3) is 5.44. The number of unbranched alkanes of at least 4 members (excludes halogenated alkanes) is 3. The van der Waals surface area contributed by atoms with Crippen molar-refractivity contribution in [2.45, 2.75) is 52.0 Å². The van der Waals surface area contributed by atoms with Gasteiger partial charge < -0.3 is 20.1 Å². The Hall–Kier alpha value is -2.24. The monoisotopic (exact) mass is 334 g/mol. The van der Waals surface area contributed by atoms with Crippen molar-refractivity contribution in [3.63, 3.8) is 0 Å². The molecule has 0 saturated carbocycles. The van der Waals surface area contributed by atoms with E-state index in [4.69, 9.17) is 9.47 Å². The Bertz CT molecular complexity index is 574. The highest BCUT2D eigenvalue weighted by molar-refractivity contribution is 5.97. The molecule has 0 saturated heterocycles. The average Bonchev–Trinajstić information content (AvgIpc) is 3.04. The number of nitrogens with one attached hydrogen (secondary N) is 2. The van der Waals surface area contributed by atoms with E-state index in [9.17, 15) is 9.59 Å². The van der Waals surface area contributed by atoms with Gasteiger partial charge >= 0.3 is 0 Å². The van der Waals surface area contributed by atoms with Gasteiger partial charge in [-0.05, 0) is 31.5 Å². The van der Waals surface area contributed by atoms with Crippen LogP contribution in [0.2, 0.25) is 0 Å². The summed E-state index contributed by atoms with van der Waals surface area (Å²) < 4.78 is 10.4. The maximum atomic E-state index is 12.1. The second kappa shape index (κ2) is 9.15. The summed E-state index contributed by atoms with van der Waals surface area (Å²) >= 11 is 0. The lowest BCUT2D eigenvalue weighted by molar-refractivity contribution is -0.120. The van der Waals surface area contributed by atoms with Crippen LogP contribution in [0.3, 0.4) is 0 Å². The highest BCUT2D eigenvalue weighted by atomic mass is 16.7. The van der Waals surface area contributed by atoms with E-state index in [-0.39, 0.29) is 31.2 Å². The SMILES string of the molecule is CCCCCCC(C)NC(=O)CNC(=O)c1ccc2c(c1)OCO2. The van der Waals surface area contributed by atoms with Gasteiger partial charge in [-0.25, -0.2) is 0 Å². The van der Waals surface area contributed by atoms with Crippen molar-refractivity contribution < 1.29 is 19.1 Å². The highest BCUT2D eigenvalue weighted by Crippen LogP contribution is 2.32. The largest absolute Gasteiger partial charge is 0.454 e. The van der Waals surface area contributed by atoms with Crippen LogP contribution in [0.25, 0.3) is 0 Å². The van der Waals surface area contributed by atoms with Crippen molar-refractivity contribution in [3.8, 4) is 11.5 Å². The molecule has 0 radical (unpaired) electrons. The summed E-state index contributed by atoms with van der Waals surface area (Å²) in [6, 6.07) is 5.08. The van der Waals surface area contributed by atoms with Crippen LogP contribution < -0.4 is 20.1 Å². The second-order valence-electron chi connectivity index (χ2n) is 6.07. The van der Waals surface area contributed by atoms with Gasteiger partial charge in [0.2, 0.25) is 12.7 Å². The van der Waals surface area contributed by atoms with Gasteiger partial charge in [0.05, 0.1) is 6.54 Å². The van der Waals surface area contributed by atoms with Crippen LogP contribution in [0.5, 0.6) is 11.5 Å². The van der Waals surface area contributed by atoms with Crippen molar-refractivity contribution in [2.24, 2.45) is 0 Å². The number of carbonyl (C=O) groups is 2. The molecule has 132 valence electrons. The van der Waals surface area contributed by atoms with E-state index in [0.717, 1.165) is 12.8 Å². The van der Waals surface area contributed by atoms with Crippen molar-refractivity contribution in [1.29, 1.82) is 0 Å². The number of benzene rings is 1. The van der Waals surface area contributed by atoms with E-state index >= 15 is 0 Å². The van der Waals surface area contributed by atoms with Gasteiger partial charge in [-0.3, -0.25) is 9.59 Å². The number of rotatable bonds is 9. The van der Waals surface area contributed by atoms with E-state index in [1.54, 1.807) is 18.2 Å². The minimum Gasteiger partial charge on any atom is -0.454 e. The van der Waals surface area contributed by atoms with Gasteiger partial charge in [-0.2, -0.15) is 0 Å². The quantitative estimate of drug-likeness (QED) is 0.681. The first kappa shape index (κ1) is 18.1. The Morgan fingerprint density at radius 1 is 1.17 bits per heavy atom. The molecule has 1 heterocycles. The molecule has 0 bridgehead atoms. The number of amides is 2. The Balaban J connectivity index is 1.70. The van der Waals surface area contributed by atoms with Crippen LogP contribution in [0.1, 0.15) is 56.3 Å². The Kier molecular flexibility index (Phi) is 6.90. The molecule has 1 aromatic rings. The van der Waals surface area contributed by atoms with Gasteiger partial charge in [-0.1, -0.05) is 32.6 Å². The summed E-state index contributed by atoms with van der Waals surface area (Å²) in [6.07, 6.45) is 5.69. The molecule has 1 aromatic carbocycles. The van der Waals surface area contributed by atoms with E-state index < -0.39 is 0 Å². The number of hydrogen-bond donors (Lipinski definition) is 2. The van der Waals surface area contributed by atoms with Crippen molar-refractivity contribution in [1.82, 2.24) is 10.6 Å². The van der Waals surface area contributed by atoms with Crippen molar-refractivity contribution in [3.05, 3.63) is 23.8 Å². The van der Waals surface area contributed by atoms with Crippen LogP contribution in [-0.2, 0) is 4.79 Å². The van der Waals surface area contributed by atoms with Crippen LogP contribution in [0.15, 0.2) is 18.2 Å². The molecular weight excluding hydrogens is 308 g/mol. The lowest BCUT2D eigenvalue weighted by atomic mass is 10.1. The van der Waals surface area contributed by atoms with Gasteiger partial charge in [-0.15, -0.1) is 0 Å². The van der Waals surface area contributed by atoms with Gasteiger partial charge in [0.1, 0.15) is 0 Å². The first-order valence-electron chi connectivity index (χ1n) is 8.57. The summed E-state index contributed by atoms with van der Waals surface area (Å²) in [6.45, 7) is 4.29. The van der Waals surface area contributed by atoms with E-state index in [1.165, 1.54) is 19.3 Å². The second-order valence-corrected chi connectivity index (χ2v) is 6.07. The molecule has 6 heteroatoms. The number of hydrogen-bond acceptors (Lipinski definition) is 4. The summed E-state index contributed by atoms with van der Waals surface area (Å²) in [5, 5.41) is 5.53. The molecule has 0 spiro atoms. The summed E-state index contributed by atoms with van der Waals surface area (Å²) in [5.41, 5.74) is 0.444. The Morgan fingerprint density at radius 2 is 1.96 bits per heavy atom. The molecule has 6 nitrogen and oxygen atoms in total. The smallest absolute Gasteiger partial charge is 0.251 e. The zero-order valence-electron chi connectivity index (χ0n) is 14.4. The fraction of sp³-hybridized carbons (Fsp3) is 0.556. The summed E-state index contributed by atoms with van der Waals surface area (Å²) in [7, 11) is 0. The molecule has 0 aromatic heterocycles. The number of ether oxygens (including phenoxy) is 2. The molecule has 2 rings (SSSR count). The predicted octanol–water partition coefficient (Wildman–Crippen LogP) is 2.62. The molecule has 1 aliphatic heterocycles. The van der Waals surface area contributed by atoms with Gasteiger partial charge in [0.25, 0.3) is 5.91 Å². The zero-order valence-corrected chi connectivity index (χ0v) is 14.4. The Labute approximate surface area is 142 Å². The predicted molar refractivity (Wildman–Crippen MR) is 91.3 cm³/mol. The van der Waals surface area contributed by atoms with Crippen LogP contribution in [-0.4, -0.2) is 31.2 Å². The minimum absolute atomic E-state index is 0.0351. The molecule has 2 amide bonds. The normalized spacial score (nSPS) is 13.4. The highest BCUT2D eigenvalue weighted by Gasteiger charge is 2.16. The topological polar surface area (TPSA) is 76.7 Å². The molecule has 24 heavy (non-hydrogen) atoms. The van der Waals surface area contributed by atoms with Crippen LogP contribution in [0.4, 0.5) is 0 Å². The fourth-order valence-electron chi connectivity index (χ4n) is 2.58. The first-order valence-corrected chi connectivity index (χ1v) is 8.57. The maximum Gasteiger partial charge on any atom is 0.251 e. The Morgan fingerprint density at radius 3 is 2.75 bits per heavy atom. The van der Waals surface area contributed by atoms with E-state index in [2.05, 4.69) is 17.6 Å². The standard InChI is InChI=1S/C18H26N2O4/c1-3-4-5-6-7-13(2)20-17(21)11-19-18(22)14-8-9-15-16(10-14)24-12-23-15/h8-10,13H,3-7,11-12H2,1-2H3,(H,19,22)(H,20,21). The van der Waals surface area contributed by atoms with Gasteiger partial charge in [0, 0.05) is 11.6 Å². The summed E-state index contributed by atoms with van der Waals surface area (Å²) in [4.78, 5) is 24.0. The van der Waals surface area contributed by atoms with Crippen LogP contribution >= 0.6 is 0 Å². The van der Waals surface area contributed by atoms with E-state index in [0.29, 0.717) is 17.1 Å². The molecule has 1 atom stereocenters. The number of fused-ring (bicyclic) bond motifs is 1. The molecule has 1 unspecified atom stereocenters. The minimum atomic E-state index is -0.306. The molecular formula is C18H26N2O4. The molecule has 0 aliphatic carbocycles. The first-order chi connectivity index (χ1) is 11.6. The third-order valence-corrected chi connectivity index (χ3v) is 3.94. The van der Waals surface area contributed by atoms with Crippen molar-refractivity contribution in [2.75, 3.05) is 13.3 Å². The van der Waals surface area contributed by atoms with Gasteiger partial charge in [0.15, 0.2) is 11.5 Å². The van der Waals surface area contributed by atoms with E-state index in [1.807, 2.05) is 6.92 Å². The van der Waals surface area contributed by atoms with Crippen molar-refractivity contribution >= 4 is 11.8 Å². The molecule has 0 fully saturated rings. The maximum absolute atomic E-state index is 12.1. The molecule has 1 aliphatic rings. The fourth-order valence-corrected chi connectivity index (χ4v) is 2.58. The lowest BCUT2D eigenvalue weighted by Crippen LogP contribution is -2.40. The average molecular weight is 334 g/mol. The third-order valence-electron chi connectivity index (χ3n) is 3.94. The number of carbonyl (C=O) groups excluding carboxylic acids is 2. The molecule has 2 N–H and O–H groups in total. The van der Waals surface area contributed by atoms with Crippen LogP contribution in [0, 0.1) is 0 Å². The zero-order chi connectivity index (χ0) is 17.4.